The first-order chi connectivity index (χ1) is 17.8. The molecule has 2 saturated heterocycles. The summed E-state index contributed by atoms with van der Waals surface area (Å²) in [6, 6.07) is 3.35. The summed E-state index contributed by atoms with van der Waals surface area (Å²) in [7, 11) is -3.74. The molecule has 4 aromatic heterocycles. The fourth-order valence-electron chi connectivity index (χ4n) is 5.72. The van der Waals surface area contributed by atoms with Gasteiger partial charge < -0.3 is 15.7 Å². The van der Waals surface area contributed by atoms with E-state index in [9.17, 15) is 18.3 Å². The average Bonchev–Trinajstić information content (AvgIpc) is 3.61. The second kappa shape index (κ2) is 8.59. The maximum Gasteiger partial charge on any atom is 0.291 e. The number of aliphatic hydroxyl groups excluding tert-OH is 1. The van der Waals surface area contributed by atoms with Gasteiger partial charge >= 0.3 is 0 Å². The molecule has 0 saturated carbocycles. The third kappa shape index (κ3) is 3.83. The first-order valence-electron chi connectivity index (χ1n) is 11.9. The van der Waals surface area contributed by atoms with Crippen molar-refractivity contribution >= 4 is 27.2 Å². The van der Waals surface area contributed by atoms with Gasteiger partial charge in [-0.2, -0.15) is 14.7 Å². The third-order valence-corrected chi connectivity index (χ3v) is 8.46. The third-order valence-electron chi connectivity index (χ3n) is 7.30. The summed E-state index contributed by atoms with van der Waals surface area (Å²) >= 11 is 0. The van der Waals surface area contributed by atoms with Crippen LogP contribution in [0.2, 0.25) is 0 Å². The van der Waals surface area contributed by atoms with Crippen molar-refractivity contribution in [1.29, 1.82) is 0 Å². The molecule has 2 aliphatic rings. The van der Waals surface area contributed by atoms with Gasteiger partial charge in [-0.15, -0.1) is 0 Å². The van der Waals surface area contributed by atoms with E-state index < -0.39 is 9.84 Å². The van der Waals surface area contributed by atoms with Gasteiger partial charge in [0.1, 0.15) is 17.0 Å². The van der Waals surface area contributed by atoms with E-state index in [1.54, 1.807) is 24.5 Å². The number of nitrogen functional groups attached to an aromatic ring is 1. The number of nitrogens with two attached hydrogens (primary N) is 1. The lowest BCUT2D eigenvalue weighted by atomic mass is 9.87. The molecule has 6 rings (SSSR count). The standard InChI is InChI=1S/C23H25N9O4S/c1-37(35,36)19-18(13-6-15-4-5-16(7-13)31(15)23(34)21-26-11-27-30-21)29-22-17(9-28-32(22)20(19)24)12-2-3-14(10-33)25-8-12/h2-3,8-9,11,13,15-16,33H,4-7,10,24H2,1H3,(H,26,27,30)/t15-,16-/m1/s1. The lowest BCUT2D eigenvalue weighted by molar-refractivity contribution is 0.0556. The molecular weight excluding hydrogens is 498 g/mol. The summed E-state index contributed by atoms with van der Waals surface area (Å²) in [5.74, 6) is -0.223. The Bertz CT molecular complexity index is 1590. The molecule has 0 unspecified atom stereocenters. The monoisotopic (exact) mass is 523 g/mol. The maximum absolute atomic E-state index is 13.1. The largest absolute Gasteiger partial charge is 0.390 e. The number of fused-ring (bicyclic) bond motifs is 3. The number of piperidine rings is 1. The van der Waals surface area contributed by atoms with Crippen molar-refractivity contribution in [2.45, 2.75) is 55.2 Å². The predicted octanol–water partition coefficient (Wildman–Crippen LogP) is 0.938. The second-order valence-corrected chi connectivity index (χ2v) is 11.5. The van der Waals surface area contributed by atoms with Gasteiger partial charge in [0.15, 0.2) is 15.5 Å². The van der Waals surface area contributed by atoms with E-state index in [0.29, 0.717) is 41.0 Å². The number of hydrogen-bond acceptors (Lipinski definition) is 10. The predicted molar refractivity (Wildman–Crippen MR) is 131 cm³/mol. The number of carbonyl (C=O) groups is 1. The fourth-order valence-corrected chi connectivity index (χ4v) is 6.78. The minimum atomic E-state index is -3.74. The zero-order chi connectivity index (χ0) is 25.9. The number of anilines is 1. The van der Waals surface area contributed by atoms with Crippen LogP contribution in [0.4, 0.5) is 5.82 Å². The first-order valence-corrected chi connectivity index (χ1v) is 13.8. The number of amides is 1. The normalized spacial score (nSPS) is 21.6. The van der Waals surface area contributed by atoms with Crippen LogP contribution in [-0.2, 0) is 16.4 Å². The molecule has 0 aliphatic carbocycles. The lowest BCUT2D eigenvalue weighted by Gasteiger charge is -2.38. The number of rotatable bonds is 5. The average molecular weight is 524 g/mol. The van der Waals surface area contributed by atoms with Crippen LogP contribution in [0.5, 0.6) is 0 Å². The molecule has 6 heterocycles. The Labute approximate surface area is 211 Å². The highest BCUT2D eigenvalue weighted by Crippen LogP contribution is 2.45. The van der Waals surface area contributed by atoms with E-state index >= 15 is 0 Å². The summed E-state index contributed by atoms with van der Waals surface area (Å²) in [6.45, 7) is -0.178. The van der Waals surface area contributed by atoms with Crippen molar-refractivity contribution in [3.63, 3.8) is 0 Å². The smallest absolute Gasteiger partial charge is 0.291 e. The number of carbonyl (C=O) groups excluding carboxylic acids is 1. The van der Waals surface area contributed by atoms with Gasteiger partial charge in [-0.1, -0.05) is 6.07 Å². The van der Waals surface area contributed by atoms with Crippen LogP contribution in [0.25, 0.3) is 16.8 Å². The molecule has 2 bridgehead atoms. The van der Waals surface area contributed by atoms with Crippen LogP contribution in [0.15, 0.2) is 35.7 Å². The molecule has 4 N–H and O–H groups in total. The zero-order valence-corrected chi connectivity index (χ0v) is 20.8. The van der Waals surface area contributed by atoms with Gasteiger partial charge in [0.05, 0.1) is 24.2 Å². The van der Waals surface area contributed by atoms with Crippen molar-refractivity contribution in [3.8, 4) is 11.1 Å². The summed E-state index contributed by atoms with van der Waals surface area (Å²) in [5, 5.41) is 20.1. The van der Waals surface area contributed by atoms with Crippen molar-refractivity contribution < 1.29 is 18.3 Å². The number of nitrogens with zero attached hydrogens (tertiary/aromatic N) is 7. The van der Waals surface area contributed by atoms with Crippen molar-refractivity contribution in [2.24, 2.45) is 0 Å². The van der Waals surface area contributed by atoms with Gasteiger partial charge in [-0.25, -0.2) is 18.4 Å². The summed E-state index contributed by atoms with van der Waals surface area (Å²) < 4.78 is 27.2. The van der Waals surface area contributed by atoms with E-state index in [1.165, 1.54) is 10.8 Å². The molecule has 0 aromatic carbocycles. The van der Waals surface area contributed by atoms with Gasteiger partial charge in [0.2, 0.25) is 5.82 Å². The van der Waals surface area contributed by atoms with Crippen molar-refractivity contribution in [3.05, 3.63) is 48.1 Å². The highest BCUT2D eigenvalue weighted by molar-refractivity contribution is 7.91. The van der Waals surface area contributed by atoms with Crippen LogP contribution in [0, 0.1) is 0 Å². The molecule has 2 aliphatic heterocycles. The summed E-state index contributed by atoms with van der Waals surface area (Å²) in [6.07, 6.45) is 8.34. The molecule has 4 aromatic rings. The second-order valence-electron chi connectivity index (χ2n) is 9.57. The van der Waals surface area contributed by atoms with Crippen molar-refractivity contribution in [2.75, 3.05) is 12.0 Å². The van der Waals surface area contributed by atoms with E-state index in [1.807, 2.05) is 4.90 Å². The number of aromatic nitrogens is 7. The van der Waals surface area contributed by atoms with Crippen LogP contribution in [0.3, 0.4) is 0 Å². The molecule has 1 amide bonds. The van der Waals surface area contributed by atoms with Crippen LogP contribution >= 0.6 is 0 Å². The molecule has 0 radical (unpaired) electrons. The Balaban J connectivity index is 1.43. The Hall–Kier alpha value is -3.91. The molecule has 192 valence electrons. The molecule has 37 heavy (non-hydrogen) atoms. The molecule has 14 heteroatoms. The molecule has 0 spiro atoms. The maximum atomic E-state index is 13.1. The van der Waals surface area contributed by atoms with Crippen LogP contribution in [-0.4, -0.2) is 77.4 Å². The topological polar surface area (TPSA) is 185 Å². The molecular formula is C23H25N9O4S. The van der Waals surface area contributed by atoms with E-state index in [4.69, 9.17) is 10.7 Å². The summed E-state index contributed by atoms with van der Waals surface area (Å²) in [4.78, 5) is 28.0. The van der Waals surface area contributed by atoms with Crippen molar-refractivity contribution in [1.82, 2.24) is 39.7 Å². The van der Waals surface area contributed by atoms with Crippen LogP contribution < -0.4 is 5.73 Å². The molecule has 2 atom stereocenters. The number of sulfone groups is 1. The number of H-pyrrole nitrogens is 1. The zero-order valence-electron chi connectivity index (χ0n) is 19.9. The SMILES string of the molecule is CS(=O)(=O)c1c(C2C[C@H]3CC[C@H](C2)N3C(=O)c2ncn[nH]2)nc2c(-c3ccc(CO)nc3)cnn2c1N. The van der Waals surface area contributed by atoms with E-state index in [0.717, 1.165) is 19.1 Å². The first kappa shape index (κ1) is 23.5. The van der Waals surface area contributed by atoms with E-state index in [2.05, 4.69) is 25.3 Å². The van der Waals surface area contributed by atoms with Crippen LogP contribution in [0.1, 0.15) is 53.6 Å². The quantitative estimate of drug-likeness (QED) is 0.340. The van der Waals surface area contributed by atoms with Gasteiger partial charge in [0.25, 0.3) is 5.91 Å². The van der Waals surface area contributed by atoms with E-state index in [-0.39, 0.29) is 47.1 Å². The Morgan fingerprint density at radius 1 is 1.19 bits per heavy atom. The number of aromatic amines is 1. The molecule has 2 fully saturated rings. The van der Waals surface area contributed by atoms with Gasteiger partial charge in [-0.05, 0) is 31.7 Å². The van der Waals surface area contributed by atoms with Gasteiger partial charge in [-0.3, -0.25) is 14.9 Å². The summed E-state index contributed by atoms with van der Waals surface area (Å²) in [5.41, 5.74) is 9.13. The highest BCUT2D eigenvalue weighted by Gasteiger charge is 2.46. The Morgan fingerprint density at radius 2 is 1.95 bits per heavy atom. The Kier molecular flexibility index (Phi) is 5.45. The minimum absolute atomic E-state index is 0.00111. The minimum Gasteiger partial charge on any atom is -0.390 e. The van der Waals surface area contributed by atoms with Gasteiger partial charge in [0, 0.05) is 41.6 Å². The number of aliphatic hydroxyl groups is 1. The number of nitrogens with one attached hydrogen (secondary N) is 1. The number of hydrogen-bond donors (Lipinski definition) is 3. The Morgan fingerprint density at radius 3 is 2.54 bits per heavy atom. The lowest BCUT2D eigenvalue weighted by Crippen LogP contribution is -2.46. The highest BCUT2D eigenvalue weighted by atomic mass is 32.2. The number of pyridine rings is 1. The molecule has 13 nitrogen and oxygen atoms in total. The fraction of sp³-hybridized carbons (Fsp3) is 0.391.